The Kier molecular flexibility index (Phi) is 5.76. The van der Waals surface area contributed by atoms with Crippen molar-refractivity contribution in [2.75, 3.05) is 12.4 Å². The van der Waals surface area contributed by atoms with Gasteiger partial charge in [0.15, 0.2) is 0 Å². The highest BCUT2D eigenvalue weighted by atomic mass is 35.5. The topological polar surface area (TPSA) is 75.6 Å². The van der Waals surface area contributed by atoms with E-state index >= 15 is 0 Å². The van der Waals surface area contributed by atoms with Crippen molar-refractivity contribution in [1.29, 1.82) is 0 Å². The summed E-state index contributed by atoms with van der Waals surface area (Å²) in [7, 11) is 1.24. The van der Waals surface area contributed by atoms with Crippen molar-refractivity contribution >= 4 is 29.2 Å². The lowest BCUT2D eigenvalue weighted by molar-refractivity contribution is -0.138. The normalized spacial score (nSPS) is 11.1. The Morgan fingerprint density at radius 2 is 1.88 bits per heavy atom. The number of anilines is 1. The maximum absolute atomic E-state index is 13.2. The van der Waals surface area contributed by atoms with Crippen molar-refractivity contribution in [2.24, 2.45) is 0 Å². The average molecular weight is 388 g/mol. The van der Waals surface area contributed by atoms with E-state index in [4.69, 9.17) is 21.4 Å². The molecule has 2 N–H and O–H groups in total. The van der Waals surface area contributed by atoms with Gasteiger partial charge in [-0.15, -0.1) is 0 Å². The third kappa shape index (κ3) is 4.66. The molecule has 0 aromatic heterocycles. The van der Waals surface area contributed by atoms with E-state index in [2.05, 4.69) is 5.32 Å². The van der Waals surface area contributed by atoms with E-state index in [9.17, 15) is 22.8 Å². The summed E-state index contributed by atoms with van der Waals surface area (Å²) < 4.78 is 44.3. The third-order valence-corrected chi connectivity index (χ3v) is 3.78. The molecule has 0 radical (unpaired) electrons. The summed E-state index contributed by atoms with van der Waals surface area (Å²) >= 11 is 5.89. The number of aromatic carboxylic acids is 1. The van der Waals surface area contributed by atoms with Crippen LogP contribution in [0.4, 0.5) is 18.9 Å². The minimum atomic E-state index is -4.65. The molecular weight excluding hydrogens is 375 g/mol. The molecular formula is C17H13ClF3NO4. The maximum Gasteiger partial charge on any atom is 0.416 e. The molecule has 2 aromatic carbocycles. The van der Waals surface area contributed by atoms with Gasteiger partial charge in [-0.3, -0.25) is 4.79 Å². The fourth-order valence-electron chi connectivity index (χ4n) is 2.22. The molecule has 0 saturated carbocycles. The van der Waals surface area contributed by atoms with Crippen LogP contribution in [0.3, 0.4) is 0 Å². The lowest BCUT2D eigenvalue weighted by Gasteiger charge is -2.14. The van der Waals surface area contributed by atoms with E-state index < -0.39 is 30.0 Å². The van der Waals surface area contributed by atoms with Gasteiger partial charge in [0, 0.05) is 0 Å². The Balaban J connectivity index is 2.22. The maximum atomic E-state index is 13.2. The summed E-state index contributed by atoms with van der Waals surface area (Å²) in [5.74, 6) is -1.91. The van der Waals surface area contributed by atoms with Crippen molar-refractivity contribution in [1.82, 2.24) is 0 Å². The number of carboxylic acids is 1. The zero-order chi connectivity index (χ0) is 19.5. The van der Waals surface area contributed by atoms with Gasteiger partial charge in [-0.2, -0.15) is 13.2 Å². The van der Waals surface area contributed by atoms with E-state index in [1.807, 2.05) is 0 Å². The molecule has 0 saturated heterocycles. The molecule has 138 valence electrons. The van der Waals surface area contributed by atoms with Gasteiger partial charge in [0.25, 0.3) is 0 Å². The number of hydrogen-bond acceptors (Lipinski definition) is 3. The number of hydrogen-bond donors (Lipinski definition) is 2. The van der Waals surface area contributed by atoms with E-state index in [0.717, 1.165) is 18.2 Å². The van der Waals surface area contributed by atoms with Crippen molar-refractivity contribution in [3.05, 3.63) is 58.1 Å². The average Bonchev–Trinajstić information content (AvgIpc) is 2.55. The predicted molar refractivity (Wildman–Crippen MR) is 88.7 cm³/mol. The molecule has 0 atom stereocenters. The van der Waals surface area contributed by atoms with E-state index in [1.54, 1.807) is 0 Å². The second-order valence-electron chi connectivity index (χ2n) is 5.25. The zero-order valence-electron chi connectivity index (χ0n) is 13.4. The largest absolute Gasteiger partial charge is 0.497 e. The van der Waals surface area contributed by atoms with Crippen molar-refractivity contribution in [3.63, 3.8) is 0 Å². The number of nitrogens with one attached hydrogen (secondary N) is 1. The number of benzene rings is 2. The van der Waals surface area contributed by atoms with Crippen LogP contribution < -0.4 is 10.1 Å². The van der Waals surface area contributed by atoms with Crippen LogP contribution in [0.5, 0.6) is 5.75 Å². The van der Waals surface area contributed by atoms with Gasteiger partial charge in [-0.1, -0.05) is 17.7 Å². The molecule has 0 aliphatic heterocycles. The Bertz CT molecular complexity index is 852. The summed E-state index contributed by atoms with van der Waals surface area (Å²) in [6, 6.07) is 6.93. The number of carbonyl (C=O) groups is 2. The minimum absolute atomic E-state index is 0.0220. The molecule has 9 heteroatoms. The molecule has 0 heterocycles. The van der Waals surface area contributed by atoms with Gasteiger partial charge < -0.3 is 15.2 Å². The van der Waals surface area contributed by atoms with Crippen LogP contribution in [0.2, 0.25) is 5.02 Å². The first-order valence-electron chi connectivity index (χ1n) is 7.18. The monoisotopic (exact) mass is 387 g/mol. The number of carboxylic acid groups (broad SMARTS) is 1. The SMILES string of the molecule is COc1ccc(CC(=O)Nc2ccc(C(=O)O)cc2Cl)c(C(F)(F)F)c1. The Morgan fingerprint density at radius 1 is 1.19 bits per heavy atom. The van der Waals surface area contributed by atoms with Crippen molar-refractivity contribution in [3.8, 4) is 5.75 Å². The molecule has 26 heavy (non-hydrogen) atoms. The van der Waals surface area contributed by atoms with Gasteiger partial charge in [-0.05, 0) is 35.9 Å². The lowest BCUT2D eigenvalue weighted by Crippen LogP contribution is -2.18. The number of halogens is 4. The van der Waals surface area contributed by atoms with Crippen LogP contribution in [0.25, 0.3) is 0 Å². The van der Waals surface area contributed by atoms with Crippen LogP contribution in [-0.4, -0.2) is 24.1 Å². The Labute approximate surface area is 151 Å². The summed E-state index contributed by atoms with van der Waals surface area (Å²) in [6.45, 7) is 0. The predicted octanol–water partition coefficient (Wildman–Crippen LogP) is 4.25. The van der Waals surface area contributed by atoms with Gasteiger partial charge in [-0.25, -0.2) is 4.79 Å². The summed E-state index contributed by atoms with van der Waals surface area (Å²) in [4.78, 5) is 23.0. The Hall–Kier alpha value is -2.74. The highest BCUT2D eigenvalue weighted by Gasteiger charge is 2.34. The van der Waals surface area contributed by atoms with Gasteiger partial charge in [0.2, 0.25) is 5.91 Å². The molecule has 2 rings (SSSR count). The first-order chi connectivity index (χ1) is 12.1. The van der Waals surface area contributed by atoms with Crippen LogP contribution in [0.15, 0.2) is 36.4 Å². The van der Waals surface area contributed by atoms with Crippen LogP contribution in [-0.2, 0) is 17.4 Å². The molecule has 0 aliphatic rings. The molecule has 0 aliphatic carbocycles. The van der Waals surface area contributed by atoms with Gasteiger partial charge in [0.1, 0.15) is 5.75 Å². The second-order valence-corrected chi connectivity index (χ2v) is 5.65. The van der Waals surface area contributed by atoms with Crippen molar-refractivity contribution in [2.45, 2.75) is 12.6 Å². The number of carbonyl (C=O) groups excluding carboxylic acids is 1. The molecule has 0 bridgehead atoms. The van der Waals surface area contributed by atoms with Crippen LogP contribution in [0, 0.1) is 0 Å². The van der Waals surface area contributed by atoms with Gasteiger partial charge >= 0.3 is 12.1 Å². The van der Waals surface area contributed by atoms with Gasteiger partial charge in [0.05, 0.1) is 35.4 Å². The summed E-state index contributed by atoms with van der Waals surface area (Å²) in [5.41, 5.74) is -1.18. The van der Waals surface area contributed by atoms with Crippen LogP contribution in [0.1, 0.15) is 21.5 Å². The van der Waals surface area contributed by atoms with E-state index in [-0.39, 0.29) is 27.6 Å². The standard InChI is InChI=1S/C17H13ClF3NO4/c1-26-11-4-2-9(12(8-11)17(19,20)21)7-15(23)22-14-5-3-10(16(24)25)6-13(14)18/h2-6,8H,7H2,1H3,(H,22,23)(H,24,25). The number of rotatable bonds is 5. The second kappa shape index (κ2) is 7.65. The van der Waals surface area contributed by atoms with E-state index in [1.165, 1.54) is 25.3 Å². The first-order valence-corrected chi connectivity index (χ1v) is 7.56. The highest BCUT2D eigenvalue weighted by Crippen LogP contribution is 2.35. The number of amides is 1. The third-order valence-electron chi connectivity index (χ3n) is 3.46. The molecule has 0 unspecified atom stereocenters. The Morgan fingerprint density at radius 3 is 2.42 bits per heavy atom. The molecule has 2 aromatic rings. The molecule has 0 spiro atoms. The fourth-order valence-corrected chi connectivity index (χ4v) is 2.45. The van der Waals surface area contributed by atoms with E-state index in [0.29, 0.717) is 0 Å². The number of ether oxygens (including phenoxy) is 1. The lowest BCUT2D eigenvalue weighted by atomic mass is 10.0. The molecule has 5 nitrogen and oxygen atoms in total. The highest BCUT2D eigenvalue weighted by molar-refractivity contribution is 6.34. The quantitative estimate of drug-likeness (QED) is 0.804. The van der Waals surface area contributed by atoms with Crippen LogP contribution >= 0.6 is 11.6 Å². The number of methoxy groups -OCH3 is 1. The minimum Gasteiger partial charge on any atom is -0.497 e. The molecule has 1 amide bonds. The smallest absolute Gasteiger partial charge is 0.416 e. The first kappa shape index (κ1) is 19.6. The fraction of sp³-hybridized carbons (Fsp3) is 0.176. The summed E-state index contributed by atoms with van der Waals surface area (Å²) in [5, 5.41) is 11.2. The zero-order valence-corrected chi connectivity index (χ0v) is 14.1. The number of alkyl halides is 3. The summed E-state index contributed by atoms with van der Waals surface area (Å²) in [6.07, 6.45) is -5.19. The van der Waals surface area contributed by atoms with Crippen molar-refractivity contribution < 1.29 is 32.6 Å². The molecule has 0 fully saturated rings.